The molecule has 7 heteroatoms. The number of imidazole rings is 1. The van der Waals surface area contributed by atoms with E-state index in [2.05, 4.69) is 4.57 Å². The van der Waals surface area contributed by atoms with E-state index in [1.807, 2.05) is 63.4 Å². The fraction of sp³-hybridized carbons (Fsp3) is 0.308. The van der Waals surface area contributed by atoms with Crippen molar-refractivity contribution in [3.05, 3.63) is 87.6 Å². The number of aryl methyl sites for hydroxylation is 1. The Balaban J connectivity index is 1.38. The maximum Gasteiger partial charge on any atom is 0.258 e. The molecule has 1 aliphatic carbocycles. The van der Waals surface area contributed by atoms with Crippen molar-refractivity contribution in [3.63, 3.8) is 0 Å². The van der Waals surface area contributed by atoms with E-state index < -0.39 is 5.60 Å². The van der Waals surface area contributed by atoms with Crippen LogP contribution in [0.2, 0.25) is 5.02 Å². The highest BCUT2D eigenvalue weighted by molar-refractivity contribution is 6.30. The van der Waals surface area contributed by atoms with Gasteiger partial charge in [0.05, 0.1) is 22.3 Å². The fourth-order valence-electron chi connectivity index (χ4n) is 4.45. The molecule has 2 aromatic heterocycles. The standard InChI is InChI=1S/C26H26ClN3O3/c1-26(2,32)21-14-20(21)25-28-22-9-8-18(12-23(22)29(25)3)30-11-10-19(13-24(30)31)33-15-16-4-6-17(27)7-5-16/h4-13,20-21,32H,14-15H2,1-3H3. The summed E-state index contributed by atoms with van der Waals surface area (Å²) in [6, 6.07) is 16.5. The minimum Gasteiger partial charge on any atom is -0.489 e. The molecule has 0 radical (unpaired) electrons. The van der Waals surface area contributed by atoms with Crippen LogP contribution in [0.25, 0.3) is 16.7 Å². The summed E-state index contributed by atoms with van der Waals surface area (Å²) in [6.07, 6.45) is 2.66. The third-order valence-corrected chi connectivity index (χ3v) is 6.67. The lowest BCUT2D eigenvalue weighted by Crippen LogP contribution is -2.22. The van der Waals surface area contributed by atoms with Crippen LogP contribution < -0.4 is 10.3 Å². The van der Waals surface area contributed by atoms with Gasteiger partial charge in [0.25, 0.3) is 5.56 Å². The predicted octanol–water partition coefficient (Wildman–Crippen LogP) is 4.83. The second kappa shape index (κ2) is 8.04. The van der Waals surface area contributed by atoms with Gasteiger partial charge < -0.3 is 14.4 Å². The van der Waals surface area contributed by atoms with Crippen molar-refractivity contribution in [2.24, 2.45) is 13.0 Å². The lowest BCUT2D eigenvalue weighted by molar-refractivity contribution is 0.0542. The molecule has 33 heavy (non-hydrogen) atoms. The van der Waals surface area contributed by atoms with E-state index in [0.717, 1.165) is 34.5 Å². The Morgan fingerprint density at radius 1 is 1.15 bits per heavy atom. The monoisotopic (exact) mass is 463 g/mol. The van der Waals surface area contributed by atoms with E-state index in [-0.39, 0.29) is 17.4 Å². The van der Waals surface area contributed by atoms with Crippen LogP contribution in [0.5, 0.6) is 5.75 Å². The maximum atomic E-state index is 12.8. The van der Waals surface area contributed by atoms with Gasteiger partial charge in [0.15, 0.2) is 0 Å². The van der Waals surface area contributed by atoms with Crippen molar-refractivity contribution in [2.45, 2.75) is 38.4 Å². The molecule has 6 nitrogen and oxygen atoms in total. The molecule has 5 rings (SSSR count). The van der Waals surface area contributed by atoms with Crippen LogP contribution in [0.4, 0.5) is 0 Å². The van der Waals surface area contributed by atoms with Gasteiger partial charge in [0.2, 0.25) is 0 Å². The van der Waals surface area contributed by atoms with Crippen LogP contribution in [-0.4, -0.2) is 24.8 Å². The number of rotatable bonds is 6. The fourth-order valence-corrected chi connectivity index (χ4v) is 4.58. The Morgan fingerprint density at radius 2 is 1.91 bits per heavy atom. The third kappa shape index (κ3) is 4.28. The SMILES string of the molecule is Cn1c(C2CC2C(C)(C)O)nc2ccc(-n3ccc(OCc4ccc(Cl)cc4)cc3=O)cc21. The second-order valence-electron chi connectivity index (χ2n) is 9.29. The number of benzene rings is 2. The molecule has 2 unspecified atom stereocenters. The van der Waals surface area contributed by atoms with Gasteiger partial charge in [0.1, 0.15) is 18.2 Å². The Morgan fingerprint density at radius 3 is 2.58 bits per heavy atom. The van der Waals surface area contributed by atoms with Crippen molar-refractivity contribution >= 4 is 22.6 Å². The molecule has 170 valence electrons. The minimum atomic E-state index is -0.710. The quantitative estimate of drug-likeness (QED) is 0.444. The summed E-state index contributed by atoms with van der Waals surface area (Å²) in [7, 11) is 1.99. The van der Waals surface area contributed by atoms with Gasteiger partial charge in [-0.1, -0.05) is 23.7 Å². The third-order valence-electron chi connectivity index (χ3n) is 6.42. The molecule has 1 fully saturated rings. The Bertz CT molecular complexity index is 1380. The average molecular weight is 464 g/mol. The second-order valence-corrected chi connectivity index (χ2v) is 9.73. The highest BCUT2D eigenvalue weighted by atomic mass is 35.5. The van der Waals surface area contributed by atoms with E-state index in [1.54, 1.807) is 16.8 Å². The zero-order valence-corrected chi connectivity index (χ0v) is 19.6. The first-order valence-corrected chi connectivity index (χ1v) is 11.4. The van der Waals surface area contributed by atoms with Crippen molar-refractivity contribution in [3.8, 4) is 11.4 Å². The van der Waals surface area contributed by atoms with Gasteiger partial charge in [-0.05, 0) is 68.1 Å². The minimum absolute atomic E-state index is 0.172. The number of fused-ring (bicyclic) bond motifs is 1. The first kappa shape index (κ1) is 21.7. The lowest BCUT2D eigenvalue weighted by atomic mass is 10.0. The van der Waals surface area contributed by atoms with Crippen molar-refractivity contribution in [2.75, 3.05) is 0 Å². The summed E-state index contributed by atoms with van der Waals surface area (Å²) in [5, 5.41) is 11.0. The van der Waals surface area contributed by atoms with Crippen molar-refractivity contribution < 1.29 is 9.84 Å². The van der Waals surface area contributed by atoms with Gasteiger partial charge in [-0.15, -0.1) is 0 Å². The average Bonchev–Trinajstić information content (AvgIpc) is 3.52. The molecule has 2 heterocycles. The zero-order valence-electron chi connectivity index (χ0n) is 18.8. The van der Waals surface area contributed by atoms with Crippen LogP contribution in [0, 0.1) is 5.92 Å². The Hall–Kier alpha value is -3.09. The number of hydrogen-bond acceptors (Lipinski definition) is 4. The smallest absolute Gasteiger partial charge is 0.258 e. The Labute approximate surface area is 197 Å². The summed E-state index contributed by atoms with van der Waals surface area (Å²) in [5.74, 6) is 1.97. The van der Waals surface area contributed by atoms with Crippen LogP contribution >= 0.6 is 11.6 Å². The zero-order chi connectivity index (χ0) is 23.3. The first-order valence-electron chi connectivity index (χ1n) is 11.0. The maximum absolute atomic E-state index is 12.8. The summed E-state index contributed by atoms with van der Waals surface area (Å²) < 4.78 is 9.44. The summed E-state index contributed by atoms with van der Waals surface area (Å²) >= 11 is 5.92. The number of aromatic nitrogens is 3. The number of halogens is 1. The van der Waals surface area contributed by atoms with E-state index in [9.17, 15) is 9.90 Å². The highest BCUT2D eigenvalue weighted by Gasteiger charge is 2.49. The largest absolute Gasteiger partial charge is 0.489 e. The van der Waals surface area contributed by atoms with Gasteiger partial charge in [-0.2, -0.15) is 0 Å². The number of nitrogens with zero attached hydrogens (tertiary/aromatic N) is 3. The summed E-state index contributed by atoms with van der Waals surface area (Å²) in [6.45, 7) is 4.07. The van der Waals surface area contributed by atoms with E-state index in [4.69, 9.17) is 21.3 Å². The predicted molar refractivity (Wildman–Crippen MR) is 129 cm³/mol. The van der Waals surface area contributed by atoms with Crippen LogP contribution in [0.3, 0.4) is 0 Å². The van der Waals surface area contributed by atoms with Crippen molar-refractivity contribution in [1.82, 2.24) is 14.1 Å². The molecule has 1 N–H and O–H groups in total. The lowest BCUT2D eigenvalue weighted by Gasteiger charge is -2.16. The number of hydrogen-bond donors (Lipinski definition) is 1. The molecule has 0 bridgehead atoms. The number of pyridine rings is 1. The summed E-state index contributed by atoms with van der Waals surface area (Å²) in [5.41, 5.74) is 2.70. The normalized spacial score (nSPS) is 18.0. The molecule has 0 spiro atoms. The number of aliphatic hydroxyl groups is 1. The summed E-state index contributed by atoms with van der Waals surface area (Å²) in [4.78, 5) is 17.6. The number of ether oxygens (including phenoxy) is 1. The molecule has 4 aromatic rings. The molecule has 1 aliphatic rings. The topological polar surface area (TPSA) is 69.3 Å². The first-order chi connectivity index (χ1) is 15.7. The van der Waals surface area contributed by atoms with Crippen LogP contribution in [-0.2, 0) is 13.7 Å². The molecule has 2 aromatic carbocycles. The van der Waals surface area contributed by atoms with Gasteiger partial charge >= 0.3 is 0 Å². The highest BCUT2D eigenvalue weighted by Crippen LogP contribution is 2.53. The molecule has 0 aliphatic heterocycles. The van der Waals surface area contributed by atoms with E-state index >= 15 is 0 Å². The molecule has 1 saturated carbocycles. The molecule has 0 amide bonds. The molecular formula is C26H26ClN3O3. The van der Waals surface area contributed by atoms with Gasteiger partial charge in [-0.3, -0.25) is 9.36 Å². The van der Waals surface area contributed by atoms with Crippen molar-refractivity contribution in [1.29, 1.82) is 0 Å². The van der Waals surface area contributed by atoms with E-state index in [0.29, 0.717) is 17.4 Å². The molecular weight excluding hydrogens is 438 g/mol. The molecule has 2 atom stereocenters. The Kier molecular flexibility index (Phi) is 5.30. The van der Waals surface area contributed by atoms with E-state index in [1.165, 1.54) is 6.07 Å². The van der Waals surface area contributed by atoms with Gasteiger partial charge in [-0.25, -0.2) is 4.98 Å². The van der Waals surface area contributed by atoms with Crippen LogP contribution in [0.15, 0.2) is 65.6 Å². The molecule has 0 saturated heterocycles. The van der Waals surface area contributed by atoms with Crippen LogP contribution in [0.1, 0.15) is 37.6 Å². The van der Waals surface area contributed by atoms with Gasteiger partial charge in [0, 0.05) is 30.3 Å².